The molecule has 3 aromatic rings. The molecule has 0 aliphatic heterocycles. The SMILES string of the molecule is Cc1cc(C)c2occc2c1OCc1ccn(C)n1. The van der Waals surface area contributed by atoms with Gasteiger partial charge in [0.15, 0.2) is 0 Å². The quantitative estimate of drug-likeness (QED) is 0.721. The van der Waals surface area contributed by atoms with Crippen LogP contribution in [0.3, 0.4) is 0 Å². The molecule has 98 valence electrons. The van der Waals surface area contributed by atoms with Gasteiger partial charge in [-0.1, -0.05) is 0 Å². The van der Waals surface area contributed by atoms with Gasteiger partial charge in [-0.25, -0.2) is 0 Å². The minimum Gasteiger partial charge on any atom is -0.486 e. The van der Waals surface area contributed by atoms with E-state index in [4.69, 9.17) is 9.15 Å². The number of aryl methyl sites for hydroxylation is 3. The number of hydrogen-bond acceptors (Lipinski definition) is 3. The maximum absolute atomic E-state index is 5.93. The molecular formula is C15H16N2O2. The molecule has 2 heterocycles. The van der Waals surface area contributed by atoms with Crippen molar-refractivity contribution in [3.05, 3.63) is 47.5 Å². The summed E-state index contributed by atoms with van der Waals surface area (Å²) in [7, 11) is 1.90. The van der Waals surface area contributed by atoms with E-state index in [1.54, 1.807) is 10.9 Å². The molecule has 4 heteroatoms. The van der Waals surface area contributed by atoms with E-state index in [0.29, 0.717) is 6.61 Å². The van der Waals surface area contributed by atoms with Crippen LogP contribution in [0.4, 0.5) is 0 Å². The summed E-state index contributed by atoms with van der Waals surface area (Å²) in [6, 6.07) is 5.98. The van der Waals surface area contributed by atoms with Crippen molar-refractivity contribution >= 4 is 11.0 Å². The van der Waals surface area contributed by atoms with Crippen LogP contribution in [0.2, 0.25) is 0 Å². The van der Waals surface area contributed by atoms with Gasteiger partial charge in [-0.05, 0) is 43.2 Å². The van der Waals surface area contributed by atoms with E-state index >= 15 is 0 Å². The number of aromatic nitrogens is 2. The maximum atomic E-state index is 5.93. The molecular weight excluding hydrogens is 240 g/mol. The van der Waals surface area contributed by atoms with Gasteiger partial charge in [0.2, 0.25) is 0 Å². The monoisotopic (exact) mass is 256 g/mol. The molecule has 0 saturated heterocycles. The molecule has 3 rings (SSSR count). The normalized spacial score (nSPS) is 11.1. The number of ether oxygens (including phenoxy) is 1. The predicted octanol–water partition coefficient (Wildman–Crippen LogP) is 3.36. The Hall–Kier alpha value is -2.23. The van der Waals surface area contributed by atoms with Gasteiger partial charge < -0.3 is 9.15 Å². The highest BCUT2D eigenvalue weighted by molar-refractivity contribution is 5.88. The first-order chi connectivity index (χ1) is 9.15. The summed E-state index contributed by atoms with van der Waals surface area (Å²) in [6.07, 6.45) is 3.61. The summed E-state index contributed by atoms with van der Waals surface area (Å²) in [4.78, 5) is 0. The fraction of sp³-hybridized carbons (Fsp3) is 0.267. The molecule has 0 atom stereocenters. The summed E-state index contributed by atoms with van der Waals surface area (Å²) in [5, 5.41) is 5.33. The van der Waals surface area contributed by atoms with Crippen LogP contribution >= 0.6 is 0 Å². The van der Waals surface area contributed by atoms with Crippen molar-refractivity contribution in [1.29, 1.82) is 0 Å². The Labute approximate surface area is 111 Å². The lowest BCUT2D eigenvalue weighted by atomic mass is 10.1. The molecule has 0 amide bonds. The van der Waals surface area contributed by atoms with Crippen molar-refractivity contribution in [1.82, 2.24) is 9.78 Å². The third-order valence-corrected chi connectivity index (χ3v) is 3.19. The average Bonchev–Trinajstić information content (AvgIpc) is 2.98. The first-order valence-electron chi connectivity index (χ1n) is 6.24. The van der Waals surface area contributed by atoms with Gasteiger partial charge in [0, 0.05) is 13.2 Å². The predicted molar refractivity (Wildman–Crippen MR) is 73.2 cm³/mol. The minimum atomic E-state index is 0.463. The lowest BCUT2D eigenvalue weighted by Crippen LogP contribution is -2.00. The molecule has 19 heavy (non-hydrogen) atoms. The number of rotatable bonds is 3. The van der Waals surface area contributed by atoms with Gasteiger partial charge in [-0.2, -0.15) is 5.10 Å². The van der Waals surface area contributed by atoms with Crippen molar-refractivity contribution in [2.75, 3.05) is 0 Å². The summed E-state index contributed by atoms with van der Waals surface area (Å²) in [5.74, 6) is 0.875. The number of benzene rings is 1. The molecule has 0 bridgehead atoms. The molecule has 4 nitrogen and oxygen atoms in total. The van der Waals surface area contributed by atoms with Crippen LogP contribution < -0.4 is 4.74 Å². The Morgan fingerprint density at radius 2 is 2.11 bits per heavy atom. The fourth-order valence-electron chi connectivity index (χ4n) is 2.34. The molecule has 0 spiro atoms. The number of hydrogen-bond donors (Lipinski definition) is 0. The summed E-state index contributed by atoms with van der Waals surface area (Å²) in [6.45, 7) is 4.56. The lowest BCUT2D eigenvalue weighted by Gasteiger charge is -2.10. The Kier molecular flexibility index (Phi) is 2.78. The fourth-order valence-corrected chi connectivity index (χ4v) is 2.34. The summed E-state index contributed by atoms with van der Waals surface area (Å²) < 4.78 is 13.2. The standard InChI is InChI=1S/C15H16N2O2/c1-10-8-11(2)15(13-5-7-18-14(10)13)19-9-12-4-6-17(3)16-12/h4-8H,9H2,1-3H3. The van der Waals surface area contributed by atoms with Crippen LogP contribution in [-0.4, -0.2) is 9.78 Å². The van der Waals surface area contributed by atoms with Gasteiger partial charge in [0.05, 0.1) is 17.3 Å². The van der Waals surface area contributed by atoms with Gasteiger partial charge >= 0.3 is 0 Å². The van der Waals surface area contributed by atoms with Crippen molar-refractivity contribution in [3.8, 4) is 5.75 Å². The number of fused-ring (bicyclic) bond motifs is 1. The van der Waals surface area contributed by atoms with Crippen LogP contribution in [-0.2, 0) is 13.7 Å². The zero-order chi connectivity index (χ0) is 13.4. The summed E-state index contributed by atoms with van der Waals surface area (Å²) in [5.41, 5.74) is 4.05. The highest BCUT2D eigenvalue weighted by atomic mass is 16.5. The Morgan fingerprint density at radius 1 is 1.26 bits per heavy atom. The van der Waals surface area contributed by atoms with Crippen LogP contribution in [0, 0.1) is 13.8 Å². The van der Waals surface area contributed by atoms with Crippen molar-refractivity contribution < 1.29 is 9.15 Å². The molecule has 0 unspecified atom stereocenters. The molecule has 0 aliphatic carbocycles. The topological polar surface area (TPSA) is 40.2 Å². The third-order valence-electron chi connectivity index (χ3n) is 3.19. The van der Waals surface area contributed by atoms with Gasteiger partial charge in [-0.3, -0.25) is 4.68 Å². The van der Waals surface area contributed by atoms with E-state index in [9.17, 15) is 0 Å². The molecule has 0 saturated carbocycles. The summed E-state index contributed by atoms with van der Waals surface area (Å²) >= 11 is 0. The smallest absolute Gasteiger partial charge is 0.140 e. The molecule has 1 aromatic carbocycles. The Balaban J connectivity index is 1.94. The molecule has 2 aromatic heterocycles. The van der Waals surface area contributed by atoms with Crippen molar-refractivity contribution in [2.45, 2.75) is 20.5 Å². The van der Waals surface area contributed by atoms with Crippen LogP contribution in [0.1, 0.15) is 16.8 Å². The van der Waals surface area contributed by atoms with Crippen molar-refractivity contribution in [3.63, 3.8) is 0 Å². The Morgan fingerprint density at radius 3 is 2.84 bits per heavy atom. The molecule has 0 radical (unpaired) electrons. The number of nitrogens with zero attached hydrogens (tertiary/aromatic N) is 2. The maximum Gasteiger partial charge on any atom is 0.140 e. The third kappa shape index (κ3) is 2.10. The van der Waals surface area contributed by atoms with Crippen molar-refractivity contribution in [2.24, 2.45) is 7.05 Å². The largest absolute Gasteiger partial charge is 0.486 e. The highest BCUT2D eigenvalue weighted by Crippen LogP contribution is 2.33. The number of furan rings is 1. The Bertz CT molecular complexity index is 725. The first kappa shape index (κ1) is 11.8. The van der Waals surface area contributed by atoms with Crippen LogP contribution in [0.15, 0.2) is 35.1 Å². The average molecular weight is 256 g/mol. The van der Waals surface area contributed by atoms with Crippen LogP contribution in [0.25, 0.3) is 11.0 Å². The first-order valence-corrected chi connectivity index (χ1v) is 6.24. The van der Waals surface area contributed by atoms with E-state index in [0.717, 1.165) is 33.5 Å². The molecule has 0 fully saturated rings. The minimum absolute atomic E-state index is 0.463. The molecule has 0 aliphatic rings. The van der Waals surface area contributed by atoms with E-state index < -0.39 is 0 Å². The zero-order valence-corrected chi connectivity index (χ0v) is 11.3. The van der Waals surface area contributed by atoms with E-state index in [-0.39, 0.29) is 0 Å². The zero-order valence-electron chi connectivity index (χ0n) is 11.3. The van der Waals surface area contributed by atoms with Gasteiger partial charge in [0.1, 0.15) is 17.9 Å². The van der Waals surface area contributed by atoms with Crippen LogP contribution in [0.5, 0.6) is 5.75 Å². The van der Waals surface area contributed by atoms with E-state index in [2.05, 4.69) is 11.2 Å². The van der Waals surface area contributed by atoms with E-state index in [1.165, 1.54) is 0 Å². The highest BCUT2D eigenvalue weighted by Gasteiger charge is 2.12. The van der Waals surface area contributed by atoms with Gasteiger partial charge in [-0.15, -0.1) is 0 Å². The second-order valence-electron chi connectivity index (χ2n) is 4.77. The second kappa shape index (κ2) is 4.46. The second-order valence-corrected chi connectivity index (χ2v) is 4.77. The molecule has 0 N–H and O–H groups in total. The van der Waals surface area contributed by atoms with Gasteiger partial charge in [0.25, 0.3) is 0 Å². The lowest BCUT2D eigenvalue weighted by molar-refractivity contribution is 0.301. The van der Waals surface area contributed by atoms with E-state index in [1.807, 2.05) is 39.2 Å².